The highest BCUT2D eigenvalue weighted by Crippen LogP contribution is 2.22. The number of rotatable bonds is 7. The van der Waals surface area contributed by atoms with E-state index in [1.807, 2.05) is 26.8 Å². The van der Waals surface area contributed by atoms with E-state index in [-0.39, 0.29) is 12.7 Å². The second kappa shape index (κ2) is 10.5. The van der Waals surface area contributed by atoms with Gasteiger partial charge in [-0.15, -0.1) is 0 Å². The number of nitrogens with zero attached hydrogens (tertiary/aromatic N) is 3. The van der Waals surface area contributed by atoms with Crippen LogP contribution in [0.1, 0.15) is 39.2 Å². The third kappa shape index (κ3) is 8.29. The molecule has 3 rings (SSSR count). The summed E-state index contributed by atoms with van der Waals surface area (Å²) in [5.74, 6) is 1.42. The van der Waals surface area contributed by atoms with Crippen LogP contribution in [0.4, 0.5) is 4.79 Å². The first-order chi connectivity index (χ1) is 15.5. The van der Waals surface area contributed by atoms with Crippen molar-refractivity contribution in [2.75, 3.05) is 26.0 Å². The Bertz CT molecular complexity index is 1040. The zero-order valence-corrected chi connectivity index (χ0v) is 20.3. The Morgan fingerprint density at radius 3 is 2.42 bits per heavy atom. The van der Waals surface area contributed by atoms with Gasteiger partial charge in [0.15, 0.2) is 11.6 Å². The number of piperidine rings is 1. The average Bonchev–Trinajstić information content (AvgIpc) is 2.75. The third-order valence-electron chi connectivity index (χ3n) is 5.00. The van der Waals surface area contributed by atoms with E-state index < -0.39 is 15.7 Å². The van der Waals surface area contributed by atoms with Crippen molar-refractivity contribution in [3.8, 4) is 17.1 Å². The Morgan fingerprint density at radius 2 is 1.82 bits per heavy atom. The molecule has 0 radical (unpaired) electrons. The summed E-state index contributed by atoms with van der Waals surface area (Å²) in [6.45, 7) is 7.38. The van der Waals surface area contributed by atoms with Gasteiger partial charge in [-0.1, -0.05) is 18.2 Å². The first-order valence-corrected chi connectivity index (χ1v) is 12.7. The number of carbonyl (C=O) groups excluding carboxylic acids is 1. The average molecular weight is 478 g/mol. The minimum Gasteiger partial charge on any atom is -0.490 e. The second-order valence-electron chi connectivity index (χ2n) is 9.13. The number of amides is 1. The molecule has 1 amide bonds. The Kier molecular flexibility index (Phi) is 7.91. The predicted molar refractivity (Wildman–Crippen MR) is 123 cm³/mol. The molecule has 0 atom stereocenters. The molecular weight excluding hydrogens is 446 g/mol. The van der Waals surface area contributed by atoms with E-state index in [1.165, 1.54) is 0 Å². The number of benzene rings is 1. The lowest BCUT2D eigenvalue weighted by Crippen LogP contribution is -2.42. The molecule has 33 heavy (non-hydrogen) atoms. The molecule has 0 unspecified atom stereocenters. The molecule has 1 aliphatic rings. The van der Waals surface area contributed by atoms with Gasteiger partial charge in [0.2, 0.25) is 0 Å². The fraction of sp³-hybridized carbons (Fsp3) is 0.522. The van der Waals surface area contributed by atoms with Crippen LogP contribution in [-0.4, -0.2) is 60.9 Å². The monoisotopic (exact) mass is 477 g/mol. The van der Waals surface area contributed by atoms with Gasteiger partial charge in [0.05, 0.1) is 31.9 Å². The fourth-order valence-corrected chi connectivity index (χ4v) is 3.69. The number of likely N-dealkylation sites (tertiary alicyclic amines) is 1. The van der Waals surface area contributed by atoms with Crippen molar-refractivity contribution in [3.63, 3.8) is 0 Å². The molecule has 1 fully saturated rings. The van der Waals surface area contributed by atoms with Crippen molar-refractivity contribution in [2.24, 2.45) is 5.92 Å². The highest BCUT2D eigenvalue weighted by Gasteiger charge is 2.27. The lowest BCUT2D eigenvalue weighted by atomic mass is 9.98. The number of hydrogen-bond acceptors (Lipinski definition) is 8. The number of carbonyl (C=O) groups is 1. The van der Waals surface area contributed by atoms with Crippen LogP contribution >= 0.6 is 0 Å². The molecule has 1 saturated heterocycles. The van der Waals surface area contributed by atoms with Crippen LogP contribution in [0.15, 0.2) is 36.7 Å². The molecule has 1 aromatic heterocycles. The molecule has 9 nitrogen and oxygen atoms in total. The van der Waals surface area contributed by atoms with Crippen LogP contribution in [0.25, 0.3) is 11.4 Å². The Morgan fingerprint density at radius 1 is 1.15 bits per heavy atom. The van der Waals surface area contributed by atoms with Crippen LogP contribution in [-0.2, 0) is 25.6 Å². The standard InChI is InChI=1S/C23H31N3O6S/c1-23(2,3)32-22(27)26-10-8-17(9-11-26)15-30-20-13-24-21(25-14-20)19-7-5-6-18(12-19)16-31-33(4,28)29/h5-7,12-14,17H,8-11,15-16H2,1-4H3. The normalized spacial score (nSPS) is 15.3. The second-order valence-corrected chi connectivity index (χ2v) is 10.8. The van der Waals surface area contributed by atoms with Gasteiger partial charge in [-0.05, 0) is 51.2 Å². The van der Waals surface area contributed by atoms with E-state index in [4.69, 9.17) is 13.7 Å². The quantitative estimate of drug-likeness (QED) is 0.556. The van der Waals surface area contributed by atoms with E-state index in [9.17, 15) is 13.2 Å². The highest BCUT2D eigenvalue weighted by atomic mass is 32.2. The summed E-state index contributed by atoms with van der Waals surface area (Å²) in [5.41, 5.74) is 0.972. The van der Waals surface area contributed by atoms with E-state index in [2.05, 4.69) is 9.97 Å². The molecular formula is C23H31N3O6S. The Hall–Kier alpha value is -2.72. The summed E-state index contributed by atoms with van der Waals surface area (Å²) in [7, 11) is -3.51. The van der Waals surface area contributed by atoms with Crippen molar-refractivity contribution < 1.29 is 26.9 Å². The minimum absolute atomic E-state index is 0.0411. The zero-order chi connectivity index (χ0) is 24.1. The topological polar surface area (TPSA) is 108 Å². The SMILES string of the molecule is CC(C)(C)OC(=O)N1CCC(COc2cnc(-c3cccc(COS(C)(=O)=O)c3)nc2)CC1. The largest absolute Gasteiger partial charge is 0.490 e. The molecule has 2 heterocycles. The van der Waals surface area contributed by atoms with Crippen LogP contribution in [0.5, 0.6) is 5.75 Å². The summed E-state index contributed by atoms with van der Waals surface area (Å²) < 4.78 is 38.5. The Labute approximate surface area is 195 Å². The molecule has 0 aliphatic carbocycles. The predicted octanol–water partition coefficient (Wildman–Crippen LogP) is 3.65. The summed E-state index contributed by atoms with van der Waals surface area (Å²) in [6, 6.07) is 7.21. The van der Waals surface area contributed by atoms with Crippen molar-refractivity contribution in [1.82, 2.24) is 14.9 Å². The van der Waals surface area contributed by atoms with Crippen molar-refractivity contribution in [2.45, 2.75) is 45.8 Å². The molecule has 10 heteroatoms. The lowest BCUT2D eigenvalue weighted by molar-refractivity contribution is 0.0165. The van der Waals surface area contributed by atoms with Crippen LogP contribution < -0.4 is 4.74 Å². The summed E-state index contributed by atoms with van der Waals surface area (Å²) in [6.07, 6.45) is 5.69. The van der Waals surface area contributed by atoms with E-state index in [1.54, 1.807) is 35.5 Å². The van der Waals surface area contributed by atoms with Gasteiger partial charge in [0, 0.05) is 18.7 Å². The molecule has 0 spiro atoms. The van der Waals surface area contributed by atoms with Gasteiger partial charge in [-0.2, -0.15) is 8.42 Å². The fourth-order valence-electron chi connectivity index (χ4n) is 3.34. The molecule has 1 aliphatic heterocycles. The smallest absolute Gasteiger partial charge is 0.410 e. The van der Waals surface area contributed by atoms with E-state index in [0.29, 0.717) is 42.8 Å². The number of hydrogen-bond donors (Lipinski definition) is 0. The molecule has 0 bridgehead atoms. The molecule has 1 aromatic carbocycles. The maximum Gasteiger partial charge on any atom is 0.410 e. The van der Waals surface area contributed by atoms with Crippen molar-refractivity contribution >= 4 is 16.2 Å². The van der Waals surface area contributed by atoms with Crippen molar-refractivity contribution in [1.29, 1.82) is 0 Å². The molecule has 0 N–H and O–H groups in total. The summed E-state index contributed by atoms with van der Waals surface area (Å²) in [4.78, 5) is 22.7. The number of ether oxygens (including phenoxy) is 2. The Balaban J connectivity index is 1.48. The zero-order valence-electron chi connectivity index (χ0n) is 19.5. The van der Waals surface area contributed by atoms with Gasteiger partial charge >= 0.3 is 6.09 Å². The van der Waals surface area contributed by atoms with Gasteiger partial charge in [-0.25, -0.2) is 14.8 Å². The van der Waals surface area contributed by atoms with Crippen LogP contribution in [0.3, 0.4) is 0 Å². The maximum atomic E-state index is 12.2. The minimum atomic E-state index is -3.51. The number of aromatic nitrogens is 2. The van der Waals surface area contributed by atoms with Gasteiger partial charge in [-0.3, -0.25) is 4.18 Å². The van der Waals surface area contributed by atoms with Crippen LogP contribution in [0.2, 0.25) is 0 Å². The molecule has 180 valence electrons. The van der Waals surface area contributed by atoms with Gasteiger partial charge in [0.1, 0.15) is 5.60 Å². The maximum absolute atomic E-state index is 12.2. The summed E-state index contributed by atoms with van der Waals surface area (Å²) >= 11 is 0. The van der Waals surface area contributed by atoms with Gasteiger partial charge < -0.3 is 14.4 Å². The lowest BCUT2D eigenvalue weighted by Gasteiger charge is -2.33. The highest BCUT2D eigenvalue weighted by molar-refractivity contribution is 7.85. The molecule has 0 saturated carbocycles. The third-order valence-corrected chi connectivity index (χ3v) is 5.55. The first kappa shape index (κ1) is 24.9. The van der Waals surface area contributed by atoms with Crippen LogP contribution in [0, 0.1) is 5.92 Å². The first-order valence-electron chi connectivity index (χ1n) is 10.8. The van der Waals surface area contributed by atoms with E-state index >= 15 is 0 Å². The van der Waals surface area contributed by atoms with Crippen molar-refractivity contribution in [3.05, 3.63) is 42.2 Å². The van der Waals surface area contributed by atoms with Gasteiger partial charge in [0.25, 0.3) is 10.1 Å². The summed E-state index contributed by atoms with van der Waals surface area (Å²) in [5, 5.41) is 0. The molecule has 2 aromatic rings. The van der Waals surface area contributed by atoms with E-state index in [0.717, 1.165) is 24.7 Å².